The summed E-state index contributed by atoms with van der Waals surface area (Å²) in [4.78, 5) is 24.9. The molecule has 0 radical (unpaired) electrons. The van der Waals surface area contributed by atoms with Gasteiger partial charge in [-0.2, -0.15) is 0 Å². The first-order valence-electron chi connectivity index (χ1n) is 6.92. The van der Waals surface area contributed by atoms with E-state index in [1.54, 1.807) is 4.90 Å². The van der Waals surface area contributed by atoms with Gasteiger partial charge in [-0.15, -0.1) is 0 Å². The fourth-order valence-corrected chi connectivity index (χ4v) is 3.83. The fourth-order valence-electron chi connectivity index (χ4n) is 3.41. The third-order valence-corrected chi connectivity index (χ3v) is 5.03. The third-order valence-electron chi connectivity index (χ3n) is 4.33. The fraction of sp³-hybridized carbons (Fsp3) is 0.500. The standard InChI is InChI=1S/C14H15BrN2O4/c15-13-4-3-10(17(20)21)7-12(13)14(19)16-8-1-2-9(16)6-11(18)5-8/h3-4,7-9,11,18H,1-2,5-6H2. The predicted molar refractivity (Wildman–Crippen MR) is 79.0 cm³/mol. The van der Waals surface area contributed by atoms with Crippen molar-refractivity contribution in [2.24, 2.45) is 0 Å². The highest BCUT2D eigenvalue weighted by atomic mass is 79.9. The van der Waals surface area contributed by atoms with Gasteiger partial charge in [0.25, 0.3) is 11.6 Å². The number of hydrogen-bond acceptors (Lipinski definition) is 4. The number of carbonyl (C=O) groups excluding carboxylic acids is 1. The molecular formula is C14H15BrN2O4. The Balaban J connectivity index is 1.92. The second kappa shape index (κ2) is 5.38. The average Bonchev–Trinajstić information content (AvgIpc) is 2.70. The maximum atomic E-state index is 12.8. The second-order valence-electron chi connectivity index (χ2n) is 5.64. The summed E-state index contributed by atoms with van der Waals surface area (Å²) < 4.78 is 0.559. The number of piperidine rings is 1. The van der Waals surface area contributed by atoms with Gasteiger partial charge in [-0.25, -0.2) is 0 Å². The van der Waals surface area contributed by atoms with E-state index in [2.05, 4.69) is 15.9 Å². The Morgan fingerprint density at radius 2 is 1.95 bits per heavy atom. The summed E-state index contributed by atoms with van der Waals surface area (Å²) in [7, 11) is 0. The Morgan fingerprint density at radius 1 is 1.33 bits per heavy atom. The molecule has 0 saturated carbocycles. The molecule has 112 valence electrons. The van der Waals surface area contributed by atoms with E-state index in [0.717, 1.165) is 12.8 Å². The number of nitrogens with zero attached hydrogens (tertiary/aromatic N) is 2. The topological polar surface area (TPSA) is 83.7 Å². The maximum absolute atomic E-state index is 12.8. The van der Waals surface area contributed by atoms with E-state index in [-0.39, 0.29) is 29.8 Å². The van der Waals surface area contributed by atoms with Gasteiger partial charge in [-0.05, 0) is 47.7 Å². The van der Waals surface area contributed by atoms with Gasteiger partial charge >= 0.3 is 0 Å². The molecule has 21 heavy (non-hydrogen) atoms. The number of non-ortho nitro benzene ring substituents is 1. The molecule has 2 heterocycles. The van der Waals surface area contributed by atoms with Crippen LogP contribution in [0.25, 0.3) is 0 Å². The number of aliphatic hydroxyl groups is 1. The van der Waals surface area contributed by atoms with Crippen molar-refractivity contribution < 1.29 is 14.8 Å². The van der Waals surface area contributed by atoms with Gasteiger partial charge in [-0.3, -0.25) is 14.9 Å². The zero-order valence-electron chi connectivity index (χ0n) is 11.2. The van der Waals surface area contributed by atoms with Crippen LogP contribution in [-0.4, -0.2) is 39.0 Å². The van der Waals surface area contributed by atoms with Crippen LogP contribution in [0.5, 0.6) is 0 Å². The first-order valence-corrected chi connectivity index (χ1v) is 7.71. The van der Waals surface area contributed by atoms with E-state index >= 15 is 0 Å². The Morgan fingerprint density at radius 3 is 2.52 bits per heavy atom. The van der Waals surface area contributed by atoms with E-state index in [1.807, 2.05) is 0 Å². The zero-order valence-corrected chi connectivity index (χ0v) is 12.8. The van der Waals surface area contributed by atoms with Crippen molar-refractivity contribution >= 4 is 27.5 Å². The van der Waals surface area contributed by atoms with Crippen molar-refractivity contribution in [1.29, 1.82) is 0 Å². The molecule has 0 aliphatic carbocycles. The summed E-state index contributed by atoms with van der Waals surface area (Å²) in [5, 5.41) is 20.7. The normalized spacial score (nSPS) is 27.7. The van der Waals surface area contributed by atoms with E-state index in [4.69, 9.17) is 0 Å². The molecule has 2 aliphatic rings. The van der Waals surface area contributed by atoms with E-state index in [0.29, 0.717) is 22.9 Å². The number of benzene rings is 1. The monoisotopic (exact) mass is 354 g/mol. The summed E-state index contributed by atoms with van der Waals surface area (Å²) in [6.45, 7) is 0. The van der Waals surface area contributed by atoms with Crippen molar-refractivity contribution in [3.63, 3.8) is 0 Å². The van der Waals surface area contributed by atoms with Gasteiger partial charge in [-0.1, -0.05) is 0 Å². The third kappa shape index (κ3) is 2.55. The Hall–Kier alpha value is -1.47. The van der Waals surface area contributed by atoms with Gasteiger partial charge < -0.3 is 10.0 Å². The second-order valence-corrected chi connectivity index (χ2v) is 6.50. The van der Waals surface area contributed by atoms with Crippen molar-refractivity contribution in [1.82, 2.24) is 4.90 Å². The van der Waals surface area contributed by atoms with Crippen LogP contribution in [0.2, 0.25) is 0 Å². The highest BCUT2D eigenvalue weighted by molar-refractivity contribution is 9.10. The van der Waals surface area contributed by atoms with Crippen LogP contribution in [0.4, 0.5) is 5.69 Å². The summed E-state index contributed by atoms with van der Waals surface area (Å²) in [5.74, 6) is -0.190. The number of rotatable bonds is 2. The number of nitro groups is 1. The molecule has 2 saturated heterocycles. The number of aliphatic hydroxyl groups excluding tert-OH is 1. The lowest BCUT2D eigenvalue weighted by Gasteiger charge is -2.37. The number of fused-ring (bicyclic) bond motifs is 2. The summed E-state index contributed by atoms with van der Waals surface area (Å²) >= 11 is 3.30. The highest BCUT2D eigenvalue weighted by Gasteiger charge is 2.43. The van der Waals surface area contributed by atoms with Gasteiger partial charge in [0.15, 0.2) is 0 Å². The van der Waals surface area contributed by atoms with Gasteiger partial charge in [0.1, 0.15) is 0 Å². The van der Waals surface area contributed by atoms with Crippen LogP contribution in [0, 0.1) is 10.1 Å². The largest absolute Gasteiger partial charge is 0.393 e. The molecule has 0 aromatic heterocycles. The molecule has 0 spiro atoms. The number of carbonyl (C=O) groups is 1. The number of nitro benzene ring substituents is 1. The van der Waals surface area contributed by atoms with Crippen molar-refractivity contribution in [3.8, 4) is 0 Å². The lowest BCUT2D eigenvalue weighted by molar-refractivity contribution is -0.384. The molecule has 2 fully saturated rings. The lowest BCUT2D eigenvalue weighted by atomic mass is 9.98. The number of hydrogen-bond donors (Lipinski definition) is 1. The molecule has 2 atom stereocenters. The van der Waals surface area contributed by atoms with Gasteiger partial charge in [0.05, 0.1) is 16.6 Å². The van der Waals surface area contributed by atoms with Gasteiger partial charge in [0, 0.05) is 28.7 Å². The predicted octanol–water partition coefficient (Wildman–Crippen LogP) is 2.49. The van der Waals surface area contributed by atoms with Crippen LogP contribution in [0.3, 0.4) is 0 Å². The molecule has 1 amide bonds. The molecule has 2 unspecified atom stereocenters. The minimum atomic E-state index is -0.502. The van der Waals surface area contributed by atoms with E-state index in [1.165, 1.54) is 18.2 Å². The van der Waals surface area contributed by atoms with Crippen molar-refractivity contribution in [3.05, 3.63) is 38.3 Å². The van der Waals surface area contributed by atoms with Crippen LogP contribution < -0.4 is 0 Å². The Kier molecular flexibility index (Phi) is 3.71. The minimum absolute atomic E-state index is 0.0393. The van der Waals surface area contributed by atoms with Crippen LogP contribution in [0.1, 0.15) is 36.0 Å². The minimum Gasteiger partial charge on any atom is -0.393 e. The molecule has 2 bridgehead atoms. The van der Waals surface area contributed by atoms with Crippen molar-refractivity contribution in [2.75, 3.05) is 0 Å². The van der Waals surface area contributed by atoms with Gasteiger partial charge in [0.2, 0.25) is 0 Å². The summed E-state index contributed by atoms with van der Waals surface area (Å²) in [6.07, 6.45) is 2.61. The lowest BCUT2D eigenvalue weighted by Crippen LogP contribution is -2.48. The Bertz CT molecular complexity index is 593. The molecule has 1 aromatic rings. The summed E-state index contributed by atoms with van der Waals surface area (Å²) in [6, 6.07) is 4.30. The van der Waals surface area contributed by atoms with E-state index < -0.39 is 4.92 Å². The molecular weight excluding hydrogens is 340 g/mol. The summed E-state index contributed by atoms with van der Waals surface area (Å²) in [5.41, 5.74) is 0.225. The quantitative estimate of drug-likeness (QED) is 0.653. The molecule has 1 aromatic carbocycles. The SMILES string of the molecule is O=C(c1cc([N+](=O)[O-])ccc1Br)N1C2CCC1CC(O)C2. The molecule has 1 N–H and O–H groups in total. The van der Waals surface area contributed by atoms with Crippen LogP contribution in [-0.2, 0) is 0 Å². The molecule has 7 heteroatoms. The molecule has 3 rings (SSSR count). The smallest absolute Gasteiger partial charge is 0.270 e. The maximum Gasteiger partial charge on any atom is 0.270 e. The average molecular weight is 355 g/mol. The molecule has 6 nitrogen and oxygen atoms in total. The van der Waals surface area contributed by atoms with Crippen molar-refractivity contribution in [2.45, 2.75) is 43.9 Å². The molecule has 2 aliphatic heterocycles. The zero-order chi connectivity index (χ0) is 15.1. The van der Waals surface area contributed by atoms with Crippen LogP contribution in [0.15, 0.2) is 22.7 Å². The highest BCUT2D eigenvalue weighted by Crippen LogP contribution is 2.38. The van der Waals surface area contributed by atoms with Crippen LogP contribution >= 0.6 is 15.9 Å². The number of halogens is 1. The first kappa shape index (κ1) is 14.5. The Labute approximate surface area is 130 Å². The van der Waals surface area contributed by atoms with E-state index in [9.17, 15) is 20.0 Å². The first-order chi connectivity index (χ1) is 9.97. The number of amides is 1.